The summed E-state index contributed by atoms with van der Waals surface area (Å²) < 4.78 is 16.2. The molecule has 6 heteroatoms. The summed E-state index contributed by atoms with van der Waals surface area (Å²) >= 11 is 0. The van der Waals surface area contributed by atoms with E-state index in [0.29, 0.717) is 30.4 Å². The van der Waals surface area contributed by atoms with Gasteiger partial charge >= 0.3 is 6.03 Å². The van der Waals surface area contributed by atoms with Crippen molar-refractivity contribution in [3.63, 3.8) is 0 Å². The van der Waals surface area contributed by atoms with Gasteiger partial charge in [0, 0.05) is 11.8 Å². The molecule has 0 fully saturated rings. The van der Waals surface area contributed by atoms with Gasteiger partial charge in [-0.1, -0.05) is 12.1 Å². The maximum atomic E-state index is 12.2. The second kappa shape index (κ2) is 7.12. The Morgan fingerprint density at radius 3 is 2.71 bits per heavy atom. The van der Waals surface area contributed by atoms with Gasteiger partial charge in [-0.15, -0.1) is 0 Å². The lowest BCUT2D eigenvalue weighted by Crippen LogP contribution is -2.31. The molecular formula is C18H20N2O4. The zero-order valence-electron chi connectivity index (χ0n) is 13.7. The maximum absolute atomic E-state index is 12.2. The topological polar surface area (TPSA) is 68.8 Å². The molecule has 6 nitrogen and oxygen atoms in total. The quantitative estimate of drug-likeness (QED) is 0.903. The molecule has 0 bridgehead atoms. The van der Waals surface area contributed by atoms with Crippen LogP contribution < -0.4 is 24.8 Å². The molecule has 0 radical (unpaired) electrons. The van der Waals surface area contributed by atoms with Crippen molar-refractivity contribution in [1.29, 1.82) is 0 Å². The third-order valence-electron chi connectivity index (χ3n) is 3.74. The second-order valence-corrected chi connectivity index (χ2v) is 5.46. The van der Waals surface area contributed by atoms with Crippen LogP contribution in [0.15, 0.2) is 42.5 Å². The molecule has 1 atom stereocenters. The average molecular weight is 328 g/mol. The summed E-state index contributed by atoms with van der Waals surface area (Å²) in [5.41, 5.74) is 1.61. The van der Waals surface area contributed by atoms with Crippen molar-refractivity contribution < 1.29 is 19.0 Å². The van der Waals surface area contributed by atoms with Gasteiger partial charge in [-0.3, -0.25) is 0 Å². The number of hydrogen-bond acceptors (Lipinski definition) is 4. The molecule has 0 unspecified atom stereocenters. The Labute approximate surface area is 140 Å². The Morgan fingerprint density at radius 1 is 1.12 bits per heavy atom. The zero-order chi connectivity index (χ0) is 16.9. The van der Waals surface area contributed by atoms with E-state index < -0.39 is 0 Å². The van der Waals surface area contributed by atoms with Gasteiger partial charge < -0.3 is 24.8 Å². The number of rotatable bonds is 4. The number of hydrogen-bond donors (Lipinski definition) is 2. The summed E-state index contributed by atoms with van der Waals surface area (Å²) in [6.07, 6.45) is 0. The van der Waals surface area contributed by atoms with E-state index in [9.17, 15) is 4.79 Å². The van der Waals surface area contributed by atoms with Crippen molar-refractivity contribution in [2.75, 3.05) is 25.6 Å². The first kappa shape index (κ1) is 16.0. The first-order valence-corrected chi connectivity index (χ1v) is 7.77. The Kier molecular flexibility index (Phi) is 4.74. The lowest BCUT2D eigenvalue weighted by atomic mass is 10.1. The number of ether oxygens (including phenoxy) is 3. The van der Waals surface area contributed by atoms with Crippen LogP contribution in [0.2, 0.25) is 0 Å². The predicted molar refractivity (Wildman–Crippen MR) is 91.0 cm³/mol. The Balaban J connectivity index is 1.63. The standard InChI is InChI=1S/C18H20N2O4/c1-12(13-6-7-16-17(10-13)24-9-8-23-16)19-18(21)20-14-4-3-5-15(11-14)22-2/h3-7,10-12H,8-9H2,1-2H3,(H2,19,20,21)/t12-/m1/s1. The van der Waals surface area contributed by atoms with E-state index in [1.807, 2.05) is 37.3 Å². The molecule has 2 aromatic rings. The van der Waals surface area contributed by atoms with Crippen LogP contribution in [0.25, 0.3) is 0 Å². The summed E-state index contributed by atoms with van der Waals surface area (Å²) in [5, 5.41) is 5.70. The lowest BCUT2D eigenvalue weighted by Gasteiger charge is -2.21. The minimum Gasteiger partial charge on any atom is -0.497 e. The Morgan fingerprint density at radius 2 is 1.92 bits per heavy atom. The highest BCUT2D eigenvalue weighted by atomic mass is 16.6. The minimum atomic E-state index is -0.286. The van der Waals surface area contributed by atoms with Crippen molar-refractivity contribution in [3.8, 4) is 17.2 Å². The number of amides is 2. The van der Waals surface area contributed by atoms with Gasteiger partial charge in [0.05, 0.1) is 13.2 Å². The first-order chi connectivity index (χ1) is 11.7. The first-order valence-electron chi connectivity index (χ1n) is 7.77. The number of nitrogens with one attached hydrogen (secondary N) is 2. The van der Waals surface area contributed by atoms with Crippen LogP contribution in [0.1, 0.15) is 18.5 Å². The van der Waals surface area contributed by atoms with Crippen LogP contribution in [0.4, 0.5) is 10.5 Å². The van der Waals surface area contributed by atoms with E-state index >= 15 is 0 Å². The van der Waals surface area contributed by atoms with E-state index in [1.165, 1.54) is 0 Å². The molecule has 126 valence electrons. The third-order valence-corrected chi connectivity index (χ3v) is 3.74. The van der Waals surface area contributed by atoms with Gasteiger partial charge in [0.25, 0.3) is 0 Å². The lowest BCUT2D eigenvalue weighted by molar-refractivity contribution is 0.171. The molecule has 1 aliphatic heterocycles. The molecular weight excluding hydrogens is 308 g/mol. The largest absolute Gasteiger partial charge is 0.497 e. The molecule has 0 aliphatic carbocycles. The van der Waals surface area contributed by atoms with Gasteiger partial charge in [0.1, 0.15) is 19.0 Å². The normalized spacial score (nSPS) is 13.8. The Hall–Kier alpha value is -2.89. The van der Waals surface area contributed by atoms with Gasteiger partial charge in [0.15, 0.2) is 11.5 Å². The van der Waals surface area contributed by atoms with Gasteiger partial charge in [0.2, 0.25) is 0 Å². The zero-order valence-corrected chi connectivity index (χ0v) is 13.7. The van der Waals surface area contributed by atoms with E-state index in [0.717, 1.165) is 11.3 Å². The van der Waals surface area contributed by atoms with Crippen molar-refractivity contribution >= 4 is 11.7 Å². The SMILES string of the molecule is COc1cccc(NC(=O)N[C@H](C)c2ccc3c(c2)OCCO3)c1. The second-order valence-electron chi connectivity index (χ2n) is 5.46. The molecule has 3 rings (SSSR count). The number of fused-ring (bicyclic) bond motifs is 1. The van der Waals surface area contributed by atoms with Crippen molar-refractivity contribution in [2.45, 2.75) is 13.0 Å². The smallest absolute Gasteiger partial charge is 0.319 e. The van der Waals surface area contributed by atoms with Crippen LogP contribution in [-0.2, 0) is 0 Å². The van der Waals surface area contributed by atoms with Gasteiger partial charge in [-0.2, -0.15) is 0 Å². The molecule has 1 heterocycles. The molecule has 2 N–H and O–H groups in total. The van der Waals surface area contributed by atoms with Crippen LogP contribution in [-0.4, -0.2) is 26.4 Å². The van der Waals surface area contributed by atoms with E-state index in [2.05, 4.69) is 10.6 Å². The number of urea groups is 1. The average Bonchev–Trinajstić information content (AvgIpc) is 2.61. The third kappa shape index (κ3) is 3.71. The summed E-state index contributed by atoms with van der Waals surface area (Å²) in [6, 6.07) is 12.4. The highest BCUT2D eigenvalue weighted by Crippen LogP contribution is 2.32. The number of carbonyl (C=O) groups is 1. The number of benzene rings is 2. The predicted octanol–water partition coefficient (Wildman–Crippen LogP) is 3.35. The summed E-state index contributed by atoms with van der Waals surface area (Å²) in [5.74, 6) is 2.13. The summed E-state index contributed by atoms with van der Waals surface area (Å²) in [6.45, 7) is 3.01. The molecule has 2 aromatic carbocycles. The van der Waals surface area contributed by atoms with Crippen LogP contribution >= 0.6 is 0 Å². The monoisotopic (exact) mass is 328 g/mol. The maximum Gasteiger partial charge on any atom is 0.319 e. The number of methoxy groups -OCH3 is 1. The Bertz CT molecular complexity index is 733. The molecule has 0 saturated heterocycles. The van der Waals surface area contributed by atoms with Gasteiger partial charge in [-0.25, -0.2) is 4.79 Å². The fourth-order valence-electron chi connectivity index (χ4n) is 2.48. The highest BCUT2D eigenvalue weighted by molar-refractivity contribution is 5.89. The molecule has 24 heavy (non-hydrogen) atoms. The van der Waals surface area contributed by atoms with E-state index in [1.54, 1.807) is 19.2 Å². The van der Waals surface area contributed by atoms with Crippen LogP contribution in [0, 0.1) is 0 Å². The fourth-order valence-corrected chi connectivity index (χ4v) is 2.48. The molecule has 0 saturated carbocycles. The van der Waals surface area contributed by atoms with Crippen LogP contribution in [0.5, 0.6) is 17.2 Å². The number of carbonyl (C=O) groups excluding carboxylic acids is 1. The molecule has 2 amide bonds. The number of anilines is 1. The molecule has 1 aliphatic rings. The van der Waals surface area contributed by atoms with Crippen LogP contribution in [0.3, 0.4) is 0 Å². The van der Waals surface area contributed by atoms with Gasteiger partial charge in [-0.05, 0) is 36.8 Å². The minimum absolute atomic E-state index is 0.175. The highest BCUT2D eigenvalue weighted by Gasteiger charge is 2.15. The van der Waals surface area contributed by atoms with Crippen molar-refractivity contribution in [1.82, 2.24) is 5.32 Å². The van der Waals surface area contributed by atoms with Crippen molar-refractivity contribution in [2.24, 2.45) is 0 Å². The van der Waals surface area contributed by atoms with E-state index in [4.69, 9.17) is 14.2 Å². The van der Waals surface area contributed by atoms with E-state index in [-0.39, 0.29) is 12.1 Å². The fraction of sp³-hybridized carbons (Fsp3) is 0.278. The molecule has 0 aromatic heterocycles. The summed E-state index contributed by atoms with van der Waals surface area (Å²) in [7, 11) is 1.59. The summed E-state index contributed by atoms with van der Waals surface area (Å²) in [4.78, 5) is 12.2. The van der Waals surface area contributed by atoms with Crippen molar-refractivity contribution in [3.05, 3.63) is 48.0 Å². The molecule has 0 spiro atoms.